The number of rotatable bonds is 3. The lowest BCUT2D eigenvalue weighted by Gasteiger charge is -2.46. The molecule has 1 fully saturated rings. The summed E-state index contributed by atoms with van der Waals surface area (Å²) in [5.41, 5.74) is 2.06. The topological polar surface area (TPSA) is 49.9 Å². The highest BCUT2D eigenvalue weighted by atomic mass is 16.5. The van der Waals surface area contributed by atoms with Crippen molar-refractivity contribution >= 4 is 17.5 Å². The van der Waals surface area contributed by atoms with Gasteiger partial charge in [0.15, 0.2) is 0 Å². The number of nitrogens with zero attached hydrogens (tertiary/aromatic N) is 2. The minimum atomic E-state index is -0.697. The first kappa shape index (κ1) is 19.0. The summed E-state index contributed by atoms with van der Waals surface area (Å²) in [6, 6.07) is 14.3. The van der Waals surface area contributed by atoms with E-state index in [-0.39, 0.29) is 18.4 Å². The van der Waals surface area contributed by atoms with E-state index in [2.05, 4.69) is 0 Å². The quantitative estimate of drug-likeness (QED) is 0.832. The number of ether oxygens (including phenoxy) is 1. The van der Waals surface area contributed by atoms with Crippen LogP contribution in [-0.4, -0.2) is 35.9 Å². The zero-order valence-electron chi connectivity index (χ0n) is 16.5. The lowest BCUT2D eigenvalue weighted by molar-refractivity contribution is -0.146. The van der Waals surface area contributed by atoms with Gasteiger partial charge in [-0.25, -0.2) is 0 Å². The number of hydrogen-bond acceptors (Lipinski definition) is 3. The molecule has 2 aromatic rings. The number of amides is 2. The second-order valence-corrected chi connectivity index (χ2v) is 7.82. The van der Waals surface area contributed by atoms with E-state index in [9.17, 15) is 9.59 Å². The molecule has 2 amide bonds. The summed E-state index contributed by atoms with van der Waals surface area (Å²) in [7, 11) is 1.60. The first-order chi connectivity index (χ1) is 12.7. The molecular formula is C22H26N2O3. The molecule has 0 spiro atoms. The van der Waals surface area contributed by atoms with E-state index in [4.69, 9.17) is 4.74 Å². The van der Waals surface area contributed by atoms with E-state index in [0.717, 1.165) is 16.8 Å². The maximum atomic E-state index is 13.5. The van der Waals surface area contributed by atoms with Crippen LogP contribution in [0.15, 0.2) is 48.5 Å². The Morgan fingerprint density at radius 1 is 1.00 bits per heavy atom. The van der Waals surface area contributed by atoms with Crippen LogP contribution in [0.25, 0.3) is 0 Å². The molecule has 1 saturated heterocycles. The Morgan fingerprint density at radius 2 is 1.63 bits per heavy atom. The SMILES string of the molecule is COc1ccc([C@H]2C(=O)N(C(C)(C)C)CC(=O)N2c2ccccc2C)cc1. The van der Waals surface area contributed by atoms with Gasteiger partial charge in [-0.05, 0) is 57.0 Å². The van der Waals surface area contributed by atoms with Gasteiger partial charge in [0, 0.05) is 11.2 Å². The Hall–Kier alpha value is -2.82. The summed E-state index contributed by atoms with van der Waals surface area (Å²) >= 11 is 0. The lowest BCUT2D eigenvalue weighted by Crippen LogP contribution is -2.61. The Bertz CT molecular complexity index is 853. The van der Waals surface area contributed by atoms with Gasteiger partial charge in [-0.2, -0.15) is 0 Å². The lowest BCUT2D eigenvalue weighted by atomic mass is 9.95. The molecule has 0 saturated carbocycles. The fraction of sp³-hybridized carbons (Fsp3) is 0.364. The fourth-order valence-electron chi connectivity index (χ4n) is 3.44. The molecule has 0 aromatic heterocycles. The molecule has 27 heavy (non-hydrogen) atoms. The minimum absolute atomic E-state index is 0.0727. The molecule has 1 atom stereocenters. The molecule has 3 rings (SSSR count). The van der Waals surface area contributed by atoms with E-state index in [1.807, 2.05) is 76.2 Å². The second-order valence-electron chi connectivity index (χ2n) is 7.82. The van der Waals surface area contributed by atoms with Crippen molar-refractivity contribution in [1.29, 1.82) is 0 Å². The second kappa shape index (κ2) is 7.06. The number of carbonyl (C=O) groups excluding carboxylic acids is 2. The molecule has 0 aliphatic carbocycles. The van der Waals surface area contributed by atoms with Crippen molar-refractivity contribution in [2.45, 2.75) is 39.3 Å². The first-order valence-electron chi connectivity index (χ1n) is 9.07. The number of piperazine rings is 1. The number of hydrogen-bond donors (Lipinski definition) is 0. The van der Waals surface area contributed by atoms with Crippen molar-refractivity contribution in [2.24, 2.45) is 0 Å². The van der Waals surface area contributed by atoms with E-state index < -0.39 is 11.6 Å². The normalized spacial score (nSPS) is 18.0. The summed E-state index contributed by atoms with van der Waals surface area (Å²) in [6.07, 6.45) is 0. The van der Waals surface area contributed by atoms with Gasteiger partial charge >= 0.3 is 0 Å². The van der Waals surface area contributed by atoms with Crippen molar-refractivity contribution in [2.75, 3.05) is 18.6 Å². The first-order valence-corrected chi connectivity index (χ1v) is 9.07. The maximum absolute atomic E-state index is 13.5. The summed E-state index contributed by atoms with van der Waals surface area (Å²) in [4.78, 5) is 29.9. The highest BCUT2D eigenvalue weighted by molar-refractivity contribution is 6.07. The average molecular weight is 366 g/mol. The molecular weight excluding hydrogens is 340 g/mol. The van der Waals surface area contributed by atoms with E-state index in [1.165, 1.54) is 0 Å². The third-order valence-corrected chi connectivity index (χ3v) is 4.94. The van der Waals surface area contributed by atoms with Crippen molar-refractivity contribution in [1.82, 2.24) is 4.90 Å². The largest absolute Gasteiger partial charge is 0.497 e. The number of para-hydroxylation sites is 1. The van der Waals surface area contributed by atoms with Crippen LogP contribution < -0.4 is 9.64 Å². The Kier molecular flexibility index (Phi) is 4.96. The van der Waals surface area contributed by atoms with Gasteiger partial charge in [0.1, 0.15) is 18.3 Å². The molecule has 1 aliphatic rings. The van der Waals surface area contributed by atoms with Crippen LogP contribution in [0.4, 0.5) is 5.69 Å². The smallest absolute Gasteiger partial charge is 0.251 e. The average Bonchev–Trinajstić information content (AvgIpc) is 2.63. The zero-order chi connectivity index (χ0) is 19.8. The number of methoxy groups -OCH3 is 1. The molecule has 0 N–H and O–H groups in total. The van der Waals surface area contributed by atoms with Gasteiger partial charge < -0.3 is 9.64 Å². The van der Waals surface area contributed by atoms with E-state index >= 15 is 0 Å². The summed E-state index contributed by atoms with van der Waals surface area (Å²) < 4.78 is 5.23. The van der Waals surface area contributed by atoms with Crippen LogP contribution in [0.3, 0.4) is 0 Å². The number of carbonyl (C=O) groups is 2. The summed E-state index contributed by atoms with van der Waals surface area (Å²) in [6.45, 7) is 7.88. The van der Waals surface area contributed by atoms with Gasteiger partial charge in [0.2, 0.25) is 5.91 Å². The van der Waals surface area contributed by atoms with Crippen LogP contribution in [0.1, 0.15) is 37.9 Å². The number of aryl methyl sites for hydroxylation is 1. The standard InChI is InChI=1S/C22H26N2O3/c1-15-8-6-7-9-18(15)24-19(25)14-23(22(2,3)4)21(26)20(24)16-10-12-17(27-5)13-11-16/h6-13,20H,14H2,1-5H3/t20-/m0/s1. The Morgan fingerprint density at radius 3 is 2.19 bits per heavy atom. The van der Waals surface area contributed by atoms with Crippen LogP contribution in [0.5, 0.6) is 5.75 Å². The van der Waals surface area contributed by atoms with E-state index in [0.29, 0.717) is 5.75 Å². The third kappa shape index (κ3) is 3.54. The monoisotopic (exact) mass is 366 g/mol. The maximum Gasteiger partial charge on any atom is 0.251 e. The van der Waals surface area contributed by atoms with Crippen LogP contribution in [-0.2, 0) is 9.59 Å². The van der Waals surface area contributed by atoms with Crippen LogP contribution >= 0.6 is 0 Å². The molecule has 1 heterocycles. The van der Waals surface area contributed by atoms with Gasteiger partial charge in [0.05, 0.1) is 7.11 Å². The third-order valence-electron chi connectivity index (χ3n) is 4.94. The van der Waals surface area contributed by atoms with Crippen molar-refractivity contribution in [3.8, 4) is 5.75 Å². The van der Waals surface area contributed by atoms with Gasteiger partial charge in [-0.15, -0.1) is 0 Å². The van der Waals surface area contributed by atoms with Crippen LogP contribution in [0.2, 0.25) is 0 Å². The molecule has 5 nitrogen and oxygen atoms in total. The molecule has 0 bridgehead atoms. The number of benzene rings is 2. The summed E-state index contributed by atoms with van der Waals surface area (Å²) in [5, 5.41) is 0. The highest BCUT2D eigenvalue weighted by Crippen LogP contribution is 2.36. The van der Waals surface area contributed by atoms with Gasteiger partial charge in [0.25, 0.3) is 5.91 Å². The Balaban J connectivity index is 2.13. The van der Waals surface area contributed by atoms with Crippen molar-refractivity contribution < 1.29 is 14.3 Å². The molecule has 2 aromatic carbocycles. The predicted octanol–water partition coefficient (Wildman–Crippen LogP) is 3.72. The van der Waals surface area contributed by atoms with Crippen molar-refractivity contribution in [3.05, 3.63) is 59.7 Å². The highest BCUT2D eigenvalue weighted by Gasteiger charge is 2.44. The number of anilines is 1. The molecule has 0 radical (unpaired) electrons. The molecule has 1 aliphatic heterocycles. The van der Waals surface area contributed by atoms with Gasteiger partial charge in [-0.1, -0.05) is 30.3 Å². The molecule has 142 valence electrons. The zero-order valence-corrected chi connectivity index (χ0v) is 16.5. The summed E-state index contributed by atoms with van der Waals surface area (Å²) in [5.74, 6) is 0.554. The van der Waals surface area contributed by atoms with Crippen molar-refractivity contribution in [3.63, 3.8) is 0 Å². The molecule has 5 heteroatoms. The minimum Gasteiger partial charge on any atom is -0.497 e. The van der Waals surface area contributed by atoms with E-state index in [1.54, 1.807) is 16.9 Å². The van der Waals surface area contributed by atoms with Crippen LogP contribution in [0, 0.1) is 6.92 Å². The fourth-order valence-corrected chi connectivity index (χ4v) is 3.44. The molecule has 0 unspecified atom stereocenters. The predicted molar refractivity (Wildman–Crippen MR) is 106 cm³/mol. The Labute approximate surface area is 160 Å². The van der Waals surface area contributed by atoms with Gasteiger partial charge in [-0.3, -0.25) is 14.5 Å².